The van der Waals surface area contributed by atoms with E-state index in [-0.39, 0.29) is 5.91 Å². The largest absolute Gasteiger partial charge is 0.322 e. The van der Waals surface area contributed by atoms with E-state index in [1.807, 2.05) is 56.3 Å². The molecule has 0 spiro atoms. The fourth-order valence-corrected chi connectivity index (χ4v) is 2.26. The van der Waals surface area contributed by atoms with E-state index in [1.165, 1.54) is 5.56 Å². The number of hydrogen-bond donors (Lipinski definition) is 1. The zero-order chi connectivity index (χ0) is 16.4. The molecule has 2 aromatic carbocycles. The van der Waals surface area contributed by atoms with Crippen molar-refractivity contribution in [2.45, 2.75) is 13.8 Å². The van der Waals surface area contributed by atoms with Gasteiger partial charge in [0.05, 0.1) is 0 Å². The molecular formula is C17H17N5O. The van der Waals surface area contributed by atoms with E-state index in [0.29, 0.717) is 11.4 Å². The lowest BCUT2D eigenvalue weighted by Crippen LogP contribution is -2.12. The maximum atomic E-state index is 12.3. The van der Waals surface area contributed by atoms with Crippen molar-refractivity contribution in [2.75, 3.05) is 5.32 Å². The monoisotopic (exact) mass is 307 g/mol. The molecule has 0 fully saturated rings. The molecule has 6 heteroatoms. The van der Waals surface area contributed by atoms with Crippen molar-refractivity contribution >= 4 is 11.6 Å². The van der Waals surface area contributed by atoms with Crippen LogP contribution in [0.25, 0.3) is 11.4 Å². The molecule has 6 nitrogen and oxygen atoms in total. The van der Waals surface area contributed by atoms with E-state index in [2.05, 4.69) is 20.8 Å². The van der Waals surface area contributed by atoms with E-state index in [4.69, 9.17) is 0 Å². The highest BCUT2D eigenvalue weighted by molar-refractivity contribution is 6.04. The Morgan fingerprint density at radius 2 is 1.78 bits per heavy atom. The molecule has 1 heterocycles. The Kier molecular flexibility index (Phi) is 3.89. The molecule has 1 amide bonds. The zero-order valence-corrected chi connectivity index (χ0v) is 13.2. The van der Waals surface area contributed by atoms with Crippen LogP contribution < -0.4 is 5.32 Å². The summed E-state index contributed by atoms with van der Waals surface area (Å²) < 4.78 is 1.60. The van der Waals surface area contributed by atoms with Gasteiger partial charge in [-0.3, -0.25) is 4.79 Å². The minimum Gasteiger partial charge on any atom is -0.322 e. The molecule has 0 atom stereocenters. The number of benzene rings is 2. The molecule has 116 valence electrons. The average molecular weight is 307 g/mol. The summed E-state index contributed by atoms with van der Waals surface area (Å²) in [4.78, 5) is 12.3. The smallest absolute Gasteiger partial charge is 0.255 e. The number of nitrogens with one attached hydrogen (secondary N) is 1. The maximum absolute atomic E-state index is 12.3. The summed E-state index contributed by atoms with van der Waals surface area (Å²) in [5.74, 6) is 0.554. The molecule has 0 aliphatic carbocycles. The van der Waals surface area contributed by atoms with Crippen molar-refractivity contribution in [1.82, 2.24) is 20.2 Å². The minimum absolute atomic E-state index is 0.124. The maximum Gasteiger partial charge on any atom is 0.255 e. The van der Waals surface area contributed by atoms with E-state index < -0.39 is 0 Å². The average Bonchev–Trinajstić information content (AvgIpc) is 2.97. The lowest BCUT2D eigenvalue weighted by molar-refractivity contribution is 0.102. The second-order valence-electron chi connectivity index (χ2n) is 5.46. The molecule has 0 unspecified atom stereocenters. The van der Waals surface area contributed by atoms with Gasteiger partial charge >= 0.3 is 0 Å². The molecule has 3 aromatic rings. The van der Waals surface area contributed by atoms with Gasteiger partial charge in [-0.2, -0.15) is 0 Å². The third kappa shape index (κ3) is 3.11. The third-order valence-corrected chi connectivity index (χ3v) is 3.79. The van der Waals surface area contributed by atoms with E-state index in [9.17, 15) is 4.79 Å². The molecule has 0 bridgehead atoms. The van der Waals surface area contributed by atoms with Crippen LogP contribution in [-0.2, 0) is 7.05 Å². The third-order valence-electron chi connectivity index (χ3n) is 3.79. The quantitative estimate of drug-likeness (QED) is 0.807. The van der Waals surface area contributed by atoms with Crippen LogP contribution in [0, 0.1) is 13.8 Å². The highest BCUT2D eigenvalue weighted by Gasteiger charge is 2.09. The van der Waals surface area contributed by atoms with Crippen molar-refractivity contribution in [1.29, 1.82) is 0 Å². The number of amides is 1. The second-order valence-corrected chi connectivity index (χ2v) is 5.46. The highest BCUT2D eigenvalue weighted by atomic mass is 16.1. The van der Waals surface area contributed by atoms with Gasteiger partial charge in [0.15, 0.2) is 5.82 Å². The molecule has 0 aliphatic rings. The van der Waals surface area contributed by atoms with Gasteiger partial charge < -0.3 is 5.32 Å². The van der Waals surface area contributed by atoms with Crippen LogP contribution in [0.4, 0.5) is 5.69 Å². The molecule has 1 N–H and O–H groups in total. The summed E-state index contributed by atoms with van der Waals surface area (Å²) in [6.07, 6.45) is 0. The number of hydrogen-bond acceptors (Lipinski definition) is 4. The molecule has 0 radical (unpaired) electrons. The number of tetrazole rings is 1. The SMILES string of the molecule is Cc1ccc(C(=O)Nc2ccc(-c3nnnn3C)cc2)cc1C. The predicted molar refractivity (Wildman–Crippen MR) is 88.1 cm³/mol. The Bertz CT molecular complexity index is 852. The van der Waals surface area contributed by atoms with E-state index in [1.54, 1.807) is 11.7 Å². The Morgan fingerprint density at radius 1 is 1.04 bits per heavy atom. The van der Waals surface area contributed by atoms with Gasteiger partial charge in [-0.05, 0) is 71.8 Å². The predicted octanol–water partition coefficient (Wildman–Crippen LogP) is 2.75. The summed E-state index contributed by atoms with van der Waals surface area (Å²) in [5.41, 5.74) is 4.54. The first-order chi connectivity index (χ1) is 11.0. The number of nitrogens with zero attached hydrogens (tertiary/aromatic N) is 4. The van der Waals surface area contributed by atoms with Crippen molar-refractivity contribution in [3.63, 3.8) is 0 Å². The molecule has 0 aliphatic heterocycles. The Labute approximate surface area is 134 Å². The van der Waals surface area contributed by atoms with Crippen molar-refractivity contribution < 1.29 is 4.79 Å². The van der Waals surface area contributed by atoms with Crippen molar-refractivity contribution in [3.8, 4) is 11.4 Å². The second kappa shape index (κ2) is 6.00. The highest BCUT2D eigenvalue weighted by Crippen LogP contribution is 2.19. The first-order valence-corrected chi connectivity index (χ1v) is 7.26. The summed E-state index contributed by atoms with van der Waals surface area (Å²) >= 11 is 0. The minimum atomic E-state index is -0.124. The van der Waals surface area contributed by atoms with Crippen LogP contribution in [0.15, 0.2) is 42.5 Å². The summed E-state index contributed by atoms with van der Waals surface area (Å²) in [5, 5.41) is 14.3. The van der Waals surface area contributed by atoms with E-state index >= 15 is 0 Å². The molecular weight excluding hydrogens is 290 g/mol. The first-order valence-electron chi connectivity index (χ1n) is 7.26. The molecule has 0 saturated carbocycles. The fraction of sp³-hybridized carbons (Fsp3) is 0.176. The molecule has 3 rings (SSSR count). The summed E-state index contributed by atoms with van der Waals surface area (Å²) in [7, 11) is 1.78. The number of carbonyl (C=O) groups excluding carboxylic acids is 1. The van der Waals surface area contributed by atoms with E-state index in [0.717, 1.165) is 16.8 Å². The Hall–Kier alpha value is -3.02. The number of aryl methyl sites for hydroxylation is 3. The molecule has 1 aromatic heterocycles. The first kappa shape index (κ1) is 14.9. The van der Waals surface area contributed by atoms with Crippen LogP contribution in [0.5, 0.6) is 0 Å². The summed E-state index contributed by atoms with van der Waals surface area (Å²) in [6.45, 7) is 4.02. The van der Waals surface area contributed by atoms with Crippen LogP contribution in [-0.4, -0.2) is 26.1 Å². The van der Waals surface area contributed by atoms with Crippen LogP contribution >= 0.6 is 0 Å². The fourth-order valence-electron chi connectivity index (χ4n) is 2.26. The van der Waals surface area contributed by atoms with Gasteiger partial charge in [0.25, 0.3) is 5.91 Å². The topological polar surface area (TPSA) is 72.7 Å². The molecule has 23 heavy (non-hydrogen) atoms. The van der Waals surface area contributed by atoms with Gasteiger partial charge in [-0.1, -0.05) is 6.07 Å². The standard InChI is InChI=1S/C17H17N5O/c1-11-4-5-14(10-12(11)2)17(23)18-15-8-6-13(7-9-15)16-19-20-21-22(16)3/h4-10H,1-3H3,(H,18,23). The van der Waals surface area contributed by atoms with Crippen molar-refractivity contribution in [2.24, 2.45) is 7.05 Å². The number of carbonyl (C=O) groups is 1. The normalized spacial score (nSPS) is 10.6. The van der Waals surface area contributed by atoms with Gasteiger partial charge in [0, 0.05) is 23.9 Å². The van der Waals surface area contributed by atoms with Gasteiger partial charge in [0.1, 0.15) is 0 Å². The Morgan fingerprint density at radius 3 is 2.39 bits per heavy atom. The van der Waals surface area contributed by atoms with Crippen LogP contribution in [0.3, 0.4) is 0 Å². The number of anilines is 1. The summed E-state index contributed by atoms with van der Waals surface area (Å²) in [6, 6.07) is 13.1. The number of rotatable bonds is 3. The lowest BCUT2D eigenvalue weighted by Gasteiger charge is -2.08. The zero-order valence-electron chi connectivity index (χ0n) is 13.2. The Balaban J connectivity index is 1.76. The van der Waals surface area contributed by atoms with Crippen molar-refractivity contribution in [3.05, 3.63) is 59.2 Å². The van der Waals surface area contributed by atoms with Crippen LogP contribution in [0.1, 0.15) is 21.5 Å². The number of aromatic nitrogens is 4. The van der Waals surface area contributed by atoms with Gasteiger partial charge in [0.2, 0.25) is 0 Å². The van der Waals surface area contributed by atoms with Crippen LogP contribution in [0.2, 0.25) is 0 Å². The van der Waals surface area contributed by atoms with Gasteiger partial charge in [-0.25, -0.2) is 4.68 Å². The lowest BCUT2D eigenvalue weighted by atomic mass is 10.1. The van der Waals surface area contributed by atoms with Gasteiger partial charge in [-0.15, -0.1) is 5.10 Å². The molecule has 0 saturated heterocycles.